The van der Waals surface area contributed by atoms with Gasteiger partial charge in [-0.05, 0) is 19.1 Å². The molecule has 0 saturated carbocycles. The number of rotatable bonds is 6. The minimum absolute atomic E-state index is 0. The summed E-state index contributed by atoms with van der Waals surface area (Å²) in [7, 11) is 1.57. The van der Waals surface area contributed by atoms with Crippen LogP contribution < -0.4 is 15.8 Å². The minimum atomic E-state index is 0. The summed E-state index contributed by atoms with van der Waals surface area (Å²) < 4.78 is 5.29. The van der Waals surface area contributed by atoms with Crippen LogP contribution in [-0.4, -0.2) is 38.6 Å². The summed E-state index contributed by atoms with van der Waals surface area (Å²) in [5, 5.41) is 3.32. The predicted octanol–water partition coefficient (Wildman–Crippen LogP) is 2.56. The summed E-state index contributed by atoms with van der Waals surface area (Å²) in [6, 6.07) is 5.85. The first-order valence-corrected chi connectivity index (χ1v) is 8.22. The molecule has 3 N–H and O–H groups in total. The molecule has 0 aliphatic carbocycles. The smallest absolute Gasteiger partial charge is 0.223 e. The van der Waals surface area contributed by atoms with Crippen LogP contribution in [0.3, 0.4) is 0 Å². The average molecular weight is 385 g/mol. The van der Waals surface area contributed by atoms with E-state index in [0.29, 0.717) is 12.4 Å². The number of anilines is 2. The van der Waals surface area contributed by atoms with Crippen molar-refractivity contribution in [2.45, 2.75) is 19.8 Å². The first kappa shape index (κ1) is 20.4. The molecule has 0 unspecified atom stereocenters. The molecular formula is C18H23N7OS. The van der Waals surface area contributed by atoms with Gasteiger partial charge in [-0.2, -0.15) is 18.5 Å². The second-order valence-corrected chi connectivity index (χ2v) is 5.95. The van der Waals surface area contributed by atoms with Crippen molar-refractivity contribution in [2.75, 3.05) is 24.7 Å². The number of ether oxygens (including phenoxy) is 1. The van der Waals surface area contributed by atoms with Gasteiger partial charge < -0.3 is 15.8 Å². The minimum Gasteiger partial charge on any atom is -0.481 e. The van der Waals surface area contributed by atoms with Crippen LogP contribution >= 0.6 is 13.5 Å². The summed E-state index contributed by atoms with van der Waals surface area (Å²) in [6.07, 6.45) is 5.03. The van der Waals surface area contributed by atoms with Gasteiger partial charge in [-0.3, -0.25) is 4.98 Å². The molecule has 27 heavy (non-hydrogen) atoms. The maximum Gasteiger partial charge on any atom is 0.223 e. The number of nitrogens with zero attached hydrogens (tertiary/aromatic N) is 5. The number of methoxy groups -OCH3 is 1. The van der Waals surface area contributed by atoms with Crippen LogP contribution in [0, 0.1) is 6.92 Å². The van der Waals surface area contributed by atoms with Gasteiger partial charge >= 0.3 is 0 Å². The number of nitrogens with one attached hydrogen (secondary N) is 1. The van der Waals surface area contributed by atoms with Crippen molar-refractivity contribution in [2.24, 2.45) is 0 Å². The quantitative estimate of drug-likeness (QED) is 0.666. The van der Waals surface area contributed by atoms with Gasteiger partial charge in [-0.1, -0.05) is 6.92 Å². The lowest BCUT2D eigenvalue weighted by molar-refractivity contribution is 0.389. The van der Waals surface area contributed by atoms with E-state index in [0.717, 1.165) is 28.3 Å². The van der Waals surface area contributed by atoms with E-state index in [-0.39, 0.29) is 25.4 Å². The highest BCUT2D eigenvalue weighted by Gasteiger charge is 2.14. The molecule has 142 valence electrons. The lowest BCUT2D eigenvalue weighted by atomic mass is 10.0. The lowest BCUT2D eigenvalue weighted by Gasteiger charge is -2.16. The normalized spacial score (nSPS) is 11.4. The molecule has 0 bridgehead atoms. The highest BCUT2D eigenvalue weighted by atomic mass is 32.1. The Morgan fingerprint density at radius 2 is 1.96 bits per heavy atom. The molecule has 8 nitrogen and oxygen atoms in total. The molecule has 0 amide bonds. The molecule has 1 atom stereocenters. The van der Waals surface area contributed by atoms with Crippen molar-refractivity contribution >= 4 is 25.3 Å². The number of hydrogen-bond donors (Lipinski definition) is 2. The Morgan fingerprint density at radius 1 is 1.15 bits per heavy atom. The molecule has 9 heteroatoms. The van der Waals surface area contributed by atoms with E-state index in [1.807, 2.05) is 25.1 Å². The zero-order chi connectivity index (χ0) is 18.5. The molecule has 0 radical (unpaired) electrons. The third-order valence-electron chi connectivity index (χ3n) is 3.99. The lowest BCUT2D eigenvalue weighted by Crippen LogP contribution is -2.13. The molecule has 0 aromatic carbocycles. The Bertz CT molecular complexity index is 889. The number of hydrogen-bond acceptors (Lipinski definition) is 8. The number of pyridine rings is 1. The monoisotopic (exact) mass is 385 g/mol. The van der Waals surface area contributed by atoms with E-state index in [9.17, 15) is 0 Å². The summed E-state index contributed by atoms with van der Waals surface area (Å²) >= 11 is 0. The van der Waals surface area contributed by atoms with Gasteiger partial charge in [-0.25, -0.2) is 15.0 Å². The van der Waals surface area contributed by atoms with Crippen molar-refractivity contribution in [3.63, 3.8) is 0 Å². The summed E-state index contributed by atoms with van der Waals surface area (Å²) in [4.78, 5) is 21.1. The van der Waals surface area contributed by atoms with Crippen molar-refractivity contribution in [3.8, 4) is 17.1 Å². The highest BCUT2D eigenvalue weighted by Crippen LogP contribution is 2.25. The maximum atomic E-state index is 5.61. The van der Waals surface area contributed by atoms with Gasteiger partial charge in [0, 0.05) is 47.7 Å². The van der Waals surface area contributed by atoms with E-state index in [1.165, 1.54) is 6.33 Å². The Morgan fingerprint density at radius 3 is 2.67 bits per heavy atom. The zero-order valence-corrected chi connectivity index (χ0v) is 16.5. The summed E-state index contributed by atoms with van der Waals surface area (Å²) in [6.45, 7) is 4.63. The third-order valence-corrected chi connectivity index (χ3v) is 3.99. The molecular weight excluding hydrogens is 362 g/mol. The van der Waals surface area contributed by atoms with Crippen molar-refractivity contribution in [1.29, 1.82) is 0 Å². The van der Waals surface area contributed by atoms with Crippen molar-refractivity contribution in [3.05, 3.63) is 48.2 Å². The fourth-order valence-corrected chi connectivity index (χ4v) is 2.49. The molecule has 3 aromatic rings. The second kappa shape index (κ2) is 9.13. The van der Waals surface area contributed by atoms with E-state index < -0.39 is 0 Å². The molecule has 0 fully saturated rings. The van der Waals surface area contributed by atoms with E-state index in [1.54, 1.807) is 19.5 Å². The van der Waals surface area contributed by atoms with Crippen molar-refractivity contribution < 1.29 is 4.74 Å². The molecule has 3 rings (SSSR count). The molecule has 0 saturated heterocycles. The van der Waals surface area contributed by atoms with Crippen LogP contribution in [0.4, 0.5) is 11.8 Å². The average Bonchev–Trinajstić information content (AvgIpc) is 2.66. The Balaban J connectivity index is 0.00000261. The molecule has 0 aliphatic rings. The third kappa shape index (κ3) is 5.04. The fraction of sp³-hybridized carbons (Fsp3) is 0.278. The largest absolute Gasteiger partial charge is 0.481 e. The van der Waals surface area contributed by atoms with Crippen LogP contribution in [0.1, 0.15) is 24.1 Å². The van der Waals surface area contributed by atoms with Crippen LogP contribution in [-0.2, 0) is 0 Å². The first-order valence-electron chi connectivity index (χ1n) is 8.22. The SMILES string of the molecule is COc1nc(N)ncc1[C@H](C)CNc1cc(-c2ccc(C)nc2)ncn1.S. The number of nitrogen functional groups attached to an aromatic ring is 1. The predicted molar refractivity (Wildman–Crippen MR) is 110 cm³/mol. The first-order chi connectivity index (χ1) is 12.6. The fourth-order valence-electron chi connectivity index (χ4n) is 2.49. The topological polar surface area (TPSA) is 112 Å². The Kier molecular flexibility index (Phi) is 6.89. The molecule has 3 aromatic heterocycles. The van der Waals surface area contributed by atoms with Crippen LogP contribution in [0.15, 0.2) is 36.9 Å². The van der Waals surface area contributed by atoms with Gasteiger partial charge in [0.05, 0.1) is 12.8 Å². The summed E-state index contributed by atoms with van der Waals surface area (Å²) in [5.41, 5.74) is 9.22. The van der Waals surface area contributed by atoms with Crippen LogP contribution in [0.2, 0.25) is 0 Å². The maximum absolute atomic E-state index is 5.61. The van der Waals surface area contributed by atoms with E-state index in [4.69, 9.17) is 10.5 Å². The molecule has 0 spiro atoms. The van der Waals surface area contributed by atoms with Gasteiger partial charge in [-0.15, -0.1) is 0 Å². The van der Waals surface area contributed by atoms with E-state index in [2.05, 4.69) is 37.2 Å². The number of aromatic nitrogens is 5. The molecule has 3 heterocycles. The Labute approximate surface area is 165 Å². The Hall–Kier alpha value is -2.94. The van der Waals surface area contributed by atoms with Gasteiger partial charge in [0.15, 0.2) is 0 Å². The number of nitrogens with two attached hydrogens (primary N) is 1. The standard InChI is InChI=1S/C18H21N7O.H2S/c1-11(14-9-22-18(19)25-17(14)26-3)7-21-16-6-15(23-10-24-16)13-5-4-12(2)20-8-13;/h4-6,8-11H,7H2,1-3H3,(H2,19,22,25)(H,21,23,24);1H2/t11-;/m1./s1. The van der Waals surface area contributed by atoms with Crippen LogP contribution in [0.5, 0.6) is 5.88 Å². The van der Waals surface area contributed by atoms with Gasteiger partial charge in [0.2, 0.25) is 11.8 Å². The second-order valence-electron chi connectivity index (χ2n) is 5.95. The van der Waals surface area contributed by atoms with Crippen LogP contribution in [0.25, 0.3) is 11.3 Å². The summed E-state index contributed by atoms with van der Waals surface area (Å²) in [5.74, 6) is 1.52. The number of aryl methyl sites for hydroxylation is 1. The van der Waals surface area contributed by atoms with Gasteiger partial charge in [0.25, 0.3) is 0 Å². The zero-order valence-electron chi connectivity index (χ0n) is 15.5. The highest BCUT2D eigenvalue weighted by molar-refractivity contribution is 7.59. The molecule has 0 aliphatic heterocycles. The van der Waals surface area contributed by atoms with E-state index >= 15 is 0 Å². The van der Waals surface area contributed by atoms with Crippen molar-refractivity contribution in [1.82, 2.24) is 24.9 Å². The van der Waals surface area contributed by atoms with Gasteiger partial charge in [0.1, 0.15) is 12.1 Å².